The quantitative estimate of drug-likeness (QED) is 0.811. The van der Waals surface area contributed by atoms with E-state index in [0.29, 0.717) is 27.6 Å². The highest BCUT2D eigenvalue weighted by atomic mass is 35.5. The lowest BCUT2D eigenvalue weighted by Crippen LogP contribution is -2.25. The van der Waals surface area contributed by atoms with E-state index >= 15 is 0 Å². The summed E-state index contributed by atoms with van der Waals surface area (Å²) < 4.78 is 5.62. The van der Waals surface area contributed by atoms with Gasteiger partial charge >= 0.3 is 0 Å². The van der Waals surface area contributed by atoms with E-state index in [1.54, 1.807) is 30.3 Å². The van der Waals surface area contributed by atoms with Crippen molar-refractivity contribution in [3.8, 4) is 5.88 Å². The fourth-order valence-electron chi connectivity index (χ4n) is 1.66. The van der Waals surface area contributed by atoms with E-state index in [1.165, 1.54) is 0 Å². The fourth-order valence-corrected chi connectivity index (χ4v) is 1.93. The molecule has 2 aromatic rings. The second kappa shape index (κ2) is 4.68. The maximum atomic E-state index is 5.85. The number of nitrogens with zero attached hydrogens (tertiary/aromatic N) is 4. The predicted molar refractivity (Wildman–Crippen MR) is 74.1 cm³/mol. The Morgan fingerprint density at radius 2 is 1.84 bits per heavy atom. The van der Waals surface area contributed by atoms with E-state index in [-0.39, 0.29) is 0 Å². The van der Waals surface area contributed by atoms with Gasteiger partial charge in [0.05, 0.1) is 0 Å². The Hall–Kier alpha value is -1.85. The van der Waals surface area contributed by atoms with E-state index in [9.17, 15) is 0 Å². The zero-order valence-corrected chi connectivity index (χ0v) is 11.4. The molecule has 0 radical (unpaired) electrons. The van der Waals surface area contributed by atoms with Crippen LogP contribution in [0.3, 0.4) is 0 Å². The van der Waals surface area contributed by atoms with Crippen molar-refractivity contribution in [1.82, 2.24) is 10.2 Å². The second-order valence-corrected chi connectivity index (χ2v) is 4.72. The van der Waals surface area contributed by atoms with Crippen LogP contribution in [0.1, 0.15) is 5.56 Å². The molecule has 2 heterocycles. The van der Waals surface area contributed by atoms with Crippen LogP contribution < -0.4 is 9.75 Å². The van der Waals surface area contributed by atoms with Crippen LogP contribution in [0.15, 0.2) is 35.4 Å². The Balaban J connectivity index is 1.99. The third-order valence-electron chi connectivity index (χ3n) is 2.59. The van der Waals surface area contributed by atoms with Gasteiger partial charge in [0.15, 0.2) is 5.15 Å². The average Bonchev–Trinajstić information content (AvgIpc) is 2.40. The van der Waals surface area contributed by atoms with Crippen LogP contribution in [0, 0.1) is 0 Å². The van der Waals surface area contributed by atoms with Gasteiger partial charge in [-0.15, -0.1) is 15.3 Å². The van der Waals surface area contributed by atoms with Gasteiger partial charge in [-0.2, -0.15) is 0 Å². The molecule has 96 valence electrons. The zero-order valence-electron chi connectivity index (χ0n) is 9.84. The van der Waals surface area contributed by atoms with Crippen molar-refractivity contribution < 1.29 is 4.74 Å². The van der Waals surface area contributed by atoms with Crippen molar-refractivity contribution in [2.45, 2.75) is 0 Å². The van der Waals surface area contributed by atoms with Gasteiger partial charge in [0.1, 0.15) is 5.69 Å². The number of aromatic nitrogens is 2. The van der Waals surface area contributed by atoms with Crippen molar-refractivity contribution in [2.75, 3.05) is 12.1 Å². The molecule has 0 N–H and O–H groups in total. The molecule has 0 unspecified atom stereocenters. The molecule has 0 saturated heterocycles. The maximum Gasteiger partial charge on any atom is 0.266 e. The lowest BCUT2D eigenvalue weighted by atomic mass is 10.2. The molecule has 1 aliphatic rings. The van der Waals surface area contributed by atoms with Crippen LogP contribution in [-0.2, 0) is 0 Å². The first-order valence-electron chi connectivity index (χ1n) is 5.43. The fraction of sp³-hybridized carbons (Fsp3) is 0.0833. The van der Waals surface area contributed by atoms with Gasteiger partial charge in [0.2, 0.25) is 5.90 Å². The molecule has 7 heteroatoms. The van der Waals surface area contributed by atoms with Gasteiger partial charge in [-0.1, -0.05) is 23.2 Å². The molecular weight excluding hydrogens is 287 g/mol. The monoisotopic (exact) mass is 294 g/mol. The maximum absolute atomic E-state index is 5.85. The number of hydrazone groups is 1. The molecule has 19 heavy (non-hydrogen) atoms. The number of halogens is 2. The molecule has 3 rings (SSSR count). The number of fused-ring (bicyclic) bond motifs is 1. The standard InChI is InChI=1S/C12H8Cl2N4O/c1-18-9-6-10(14)15-16-12(9)19-11(17-18)7-2-4-8(13)5-3-7/h2-6H,1H3. The number of anilines is 1. The smallest absolute Gasteiger partial charge is 0.266 e. The van der Waals surface area contributed by atoms with Crippen LogP contribution in [0.5, 0.6) is 5.88 Å². The van der Waals surface area contributed by atoms with Crippen molar-refractivity contribution in [3.63, 3.8) is 0 Å². The minimum Gasteiger partial charge on any atom is -0.415 e. The first kappa shape index (κ1) is 12.2. The molecule has 0 fully saturated rings. The lowest BCUT2D eigenvalue weighted by Gasteiger charge is -2.22. The molecule has 0 bridgehead atoms. The number of hydrogen-bond donors (Lipinski definition) is 0. The number of rotatable bonds is 1. The van der Waals surface area contributed by atoms with Crippen molar-refractivity contribution in [1.29, 1.82) is 0 Å². The van der Waals surface area contributed by atoms with E-state index in [2.05, 4.69) is 15.3 Å². The van der Waals surface area contributed by atoms with Crippen LogP contribution in [-0.4, -0.2) is 23.1 Å². The van der Waals surface area contributed by atoms with E-state index in [0.717, 1.165) is 5.56 Å². The highest BCUT2D eigenvalue weighted by Gasteiger charge is 2.21. The molecule has 0 saturated carbocycles. The molecule has 0 spiro atoms. The highest BCUT2D eigenvalue weighted by Crippen LogP contribution is 2.31. The Morgan fingerprint density at radius 3 is 2.58 bits per heavy atom. The molecule has 0 aliphatic carbocycles. The van der Waals surface area contributed by atoms with E-state index < -0.39 is 0 Å². The van der Waals surface area contributed by atoms with Crippen molar-refractivity contribution >= 4 is 34.8 Å². The van der Waals surface area contributed by atoms with Crippen LogP contribution >= 0.6 is 23.2 Å². The summed E-state index contributed by atoms with van der Waals surface area (Å²) in [5, 5.41) is 14.6. The highest BCUT2D eigenvalue weighted by molar-refractivity contribution is 6.30. The summed E-state index contributed by atoms with van der Waals surface area (Å²) in [4.78, 5) is 0. The number of ether oxygens (including phenoxy) is 1. The number of benzene rings is 1. The summed E-state index contributed by atoms with van der Waals surface area (Å²) in [6.45, 7) is 0. The third kappa shape index (κ3) is 2.34. The van der Waals surface area contributed by atoms with Crippen molar-refractivity contribution in [2.24, 2.45) is 5.10 Å². The largest absolute Gasteiger partial charge is 0.415 e. The van der Waals surface area contributed by atoms with E-state index in [4.69, 9.17) is 27.9 Å². The Labute approximate surface area is 119 Å². The Morgan fingerprint density at radius 1 is 1.11 bits per heavy atom. The average molecular weight is 295 g/mol. The van der Waals surface area contributed by atoms with Gasteiger partial charge in [-0.25, -0.2) is 0 Å². The normalized spacial score (nSPS) is 13.6. The molecule has 0 amide bonds. The minimum atomic E-state index is 0.291. The predicted octanol–water partition coefficient (Wildman–Crippen LogP) is 2.97. The summed E-state index contributed by atoms with van der Waals surface area (Å²) in [6, 6.07) is 8.83. The summed E-state index contributed by atoms with van der Waals surface area (Å²) >= 11 is 11.6. The molecule has 1 aromatic carbocycles. The zero-order chi connectivity index (χ0) is 13.4. The first-order chi connectivity index (χ1) is 9.13. The molecule has 5 nitrogen and oxygen atoms in total. The summed E-state index contributed by atoms with van der Waals surface area (Å²) in [5.74, 6) is 0.801. The number of hydrogen-bond acceptors (Lipinski definition) is 5. The molecule has 0 atom stereocenters. The Kier molecular flexibility index (Phi) is 3.00. The Bertz CT molecular complexity index is 657. The minimum absolute atomic E-state index is 0.291. The summed E-state index contributed by atoms with van der Waals surface area (Å²) in [5.41, 5.74) is 1.47. The molecule has 1 aromatic heterocycles. The van der Waals surface area contributed by atoms with Gasteiger partial charge in [-0.05, 0) is 24.3 Å². The topological polar surface area (TPSA) is 50.6 Å². The van der Waals surface area contributed by atoms with Crippen LogP contribution in [0.25, 0.3) is 0 Å². The first-order valence-corrected chi connectivity index (χ1v) is 6.18. The second-order valence-electron chi connectivity index (χ2n) is 3.90. The molecular formula is C12H8Cl2N4O. The van der Waals surface area contributed by atoms with Gasteiger partial charge < -0.3 is 4.74 Å². The summed E-state index contributed by atoms with van der Waals surface area (Å²) in [7, 11) is 1.79. The SMILES string of the molecule is CN1N=C(c2ccc(Cl)cc2)Oc2nnc(Cl)cc21. The lowest BCUT2D eigenvalue weighted by molar-refractivity contribution is 0.501. The van der Waals surface area contributed by atoms with Gasteiger partial charge in [0.25, 0.3) is 5.88 Å². The van der Waals surface area contributed by atoms with Crippen LogP contribution in [0.4, 0.5) is 5.69 Å². The third-order valence-corrected chi connectivity index (χ3v) is 3.02. The van der Waals surface area contributed by atoms with Gasteiger partial charge in [0, 0.05) is 23.7 Å². The van der Waals surface area contributed by atoms with Crippen molar-refractivity contribution in [3.05, 3.63) is 46.1 Å². The van der Waals surface area contributed by atoms with Crippen LogP contribution in [0.2, 0.25) is 10.2 Å². The molecule has 1 aliphatic heterocycles. The van der Waals surface area contributed by atoms with E-state index in [1.807, 2.05) is 12.1 Å². The van der Waals surface area contributed by atoms with Gasteiger partial charge in [-0.3, -0.25) is 5.01 Å². The summed E-state index contributed by atoms with van der Waals surface area (Å²) in [6.07, 6.45) is 0.